The van der Waals surface area contributed by atoms with Crippen molar-refractivity contribution in [3.8, 4) is 0 Å². The van der Waals surface area contributed by atoms with Crippen molar-refractivity contribution in [3.05, 3.63) is 131 Å². The summed E-state index contributed by atoms with van der Waals surface area (Å²) in [6.45, 7) is 4.26. The van der Waals surface area contributed by atoms with Crippen LogP contribution < -0.4 is 9.80 Å². The molecule has 2 nitrogen and oxygen atoms in total. The third kappa shape index (κ3) is 4.60. The summed E-state index contributed by atoms with van der Waals surface area (Å²) in [5.74, 6) is 0. The summed E-state index contributed by atoms with van der Waals surface area (Å²) < 4.78 is 0. The first-order valence-corrected chi connectivity index (χ1v) is 11.0. The fraction of sp³-hybridized carbons (Fsp3) is 0.133. The molecule has 0 aliphatic heterocycles. The Balaban J connectivity index is 2.01. The van der Waals surface area contributed by atoms with Gasteiger partial charge in [-0.2, -0.15) is 0 Å². The van der Waals surface area contributed by atoms with Gasteiger partial charge < -0.3 is 9.80 Å². The van der Waals surface area contributed by atoms with E-state index in [1.807, 2.05) is 0 Å². The maximum absolute atomic E-state index is 2.29. The first-order chi connectivity index (χ1) is 15.5. The van der Waals surface area contributed by atoms with Crippen molar-refractivity contribution < 1.29 is 0 Å². The molecule has 0 saturated heterocycles. The molecule has 0 bridgehead atoms. The number of hydrogen-bond acceptors (Lipinski definition) is 2. The molecule has 0 fully saturated rings. The predicted octanol–water partition coefficient (Wildman–Crippen LogP) is 7.40. The molecule has 4 rings (SSSR count). The molecule has 0 aliphatic rings. The summed E-state index contributed by atoms with van der Waals surface area (Å²) in [4.78, 5) is 4.58. The van der Waals surface area contributed by atoms with Gasteiger partial charge in [0.05, 0.1) is 11.4 Å². The van der Waals surface area contributed by atoms with Crippen LogP contribution in [0.5, 0.6) is 0 Å². The number of rotatable bonds is 6. The predicted molar refractivity (Wildman–Crippen MR) is 139 cm³/mol. The molecule has 0 radical (unpaired) electrons. The second-order valence-corrected chi connectivity index (χ2v) is 8.22. The van der Waals surface area contributed by atoms with Crippen molar-refractivity contribution in [3.63, 3.8) is 0 Å². The average Bonchev–Trinajstić information content (AvgIpc) is 2.84. The first kappa shape index (κ1) is 21.5. The minimum Gasteiger partial charge on any atom is -0.342 e. The molecule has 4 aromatic rings. The number of aryl methyl sites for hydroxylation is 2. The molecule has 0 saturated carbocycles. The van der Waals surface area contributed by atoms with Crippen LogP contribution in [0.3, 0.4) is 0 Å². The summed E-state index contributed by atoms with van der Waals surface area (Å²) in [5, 5.41) is 0. The third-order valence-corrected chi connectivity index (χ3v) is 5.83. The Morgan fingerprint density at radius 1 is 0.438 bits per heavy atom. The number of hydrogen-bond donors (Lipinski definition) is 0. The lowest BCUT2D eigenvalue weighted by Crippen LogP contribution is -2.24. The number of nitrogens with zero attached hydrogens (tertiary/aromatic N) is 2. The van der Waals surface area contributed by atoms with E-state index >= 15 is 0 Å². The Hall–Kier alpha value is -3.78. The van der Waals surface area contributed by atoms with Gasteiger partial charge in [0.25, 0.3) is 0 Å². The second kappa shape index (κ2) is 9.57. The van der Waals surface area contributed by atoms with Gasteiger partial charge in [-0.1, -0.05) is 96.1 Å². The van der Waals surface area contributed by atoms with E-state index in [9.17, 15) is 0 Å². The monoisotopic (exact) mass is 418 g/mol. The van der Waals surface area contributed by atoms with Crippen LogP contribution >= 0.6 is 0 Å². The van der Waals surface area contributed by atoms with Crippen LogP contribution in [0.4, 0.5) is 11.4 Å². The van der Waals surface area contributed by atoms with Crippen molar-refractivity contribution >= 4 is 22.8 Å². The number of para-hydroxylation sites is 2. The van der Waals surface area contributed by atoms with Gasteiger partial charge in [0, 0.05) is 36.6 Å². The molecular weight excluding hydrogens is 388 g/mol. The SMILES string of the molecule is Cc1ccc(C(=C(c2ccc(C)cc2)N(C)c2ccccc2)N(C)c2ccccc2)cc1. The van der Waals surface area contributed by atoms with Crippen molar-refractivity contribution in [2.75, 3.05) is 23.9 Å². The van der Waals surface area contributed by atoms with E-state index in [0.29, 0.717) is 0 Å². The van der Waals surface area contributed by atoms with Crippen molar-refractivity contribution in [2.24, 2.45) is 0 Å². The number of benzene rings is 4. The highest BCUT2D eigenvalue weighted by atomic mass is 15.2. The zero-order valence-corrected chi connectivity index (χ0v) is 19.3. The van der Waals surface area contributed by atoms with E-state index in [1.54, 1.807) is 0 Å². The van der Waals surface area contributed by atoms with E-state index in [-0.39, 0.29) is 0 Å². The van der Waals surface area contributed by atoms with E-state index in [2.05, 4.69) is 147 Å². The van der Waals surface area contributed by atoms with Crippen molar-refractivity contribution in [1.29, 1.82) is 0 Å². The Morgan fingerprint density at radius 3 is 1.06 bits per heavy atom. The largest absolute Gasteiger partial charge is 0.342 e. The van der Waals surface area contributed by atoms with Gasteiger partial charge in [-0.25, -0.2) is 0 Å². The highest BCUT2D eigenvalue weighted by Gasteiger charge is 2.21. The quantitative estimate of drug-likeness (QED) is 0.301. The molecule has 2 heteroatoms. The summed E-state index contributed by atoms with van der Waals surface area (Å²) in [7, 11) is 4.30. The van der Waals surface area contributed by atoms with Crippen LogP contribution in [0, 0.1) is 13.8 Å². The Bertz CT molecular complexity index is 1080. The fourth-order valence-electron chi connectivity index (χ4n) is 3.96. The lowest BCUT2D eigenvalue weighted by atomic mass is 10.00. The molecular formula is C30H30N2. The molecule has 0 atom stereocenters. The van der Waals surface area contributed by atoms with Gasteiger partial charge in [0.2, 0.25) is 0 Å². The second-order valence-electron chi connectivity index (χ2n) is 8.22. The fourth-order valence-corrected chi connectivity index (χ4v) is 3.96. The molecule has 0 unspecified atom stereocenters. The lowest BCUT2D eigenvalue weighted by Gasteiger charge is -2.32. The van der Waals surface area contributed by atoms with Gasteiger partial charge in [-0.3, -0.25) is 0 Å². The minimum atomic E-state index is 1.15. The molecule has 0 N–H and O–H groups in total. The van der Waals surface area contributed by atoms with Crippen LogP contribution in [0.15, 0.2) is 109 Å². The zero-order chi connectivity index (χ0) is 22.5. The van der Waals surface area contributed by atoms with Gasteiger partial charge >= 0.3 is 0 Å². The summed E-state index contributed by atoms with van der Waals surface area (Å²) in [5.41, 5.74) is 9.48. The molecule has 0 amide bonds. The van der Waals surface area contributed by atoms with Gasteiger partial charge in [0.15, 0.2) is 0 Å². The molecule has 4 aromatic carbocycles. The van der Waals surface area contributed by atoms with E-state index in [4.69, 9.17) is 0 Å². The van der Waals surface area contributed by atoms with Crippen LogP contribution in [-0.2, 0) is 0 Å². The maximum Gasteiger partial charge on any atom is 0.0729 e. The van der Waals surface area contributed by atoms with E-state index < -0.39 is 0 Å². The Kier molecular flexibility index (Phi) is 6.42. The van der Waals surface area contributed by atoms with E-state index in [0.717, 1.165) is 22.8 Å². The van der Waals surface area contributed by atoms with Crippen LogP contribution in [0.2, 0.25) is 0 Å². The van der Waals surface area contributed by atoms with Crippen molar-refractivity contribution in [1.82, 2.24) is 0 Å². The van der Waals surface area contributed by atoms with Crippen LogP contribution in [0.25, 0.3) is 11.4 Å². The highest BCUT2D eigenvalue weighted by Crippen LogP contribution is 2.36. The normalized spacial score (nSPS) is 11.6. The van der Waals surface area contributed by atoms with Gasteiger partial charge in [0.1, 0.15) is 0 Å². The molecule has 0 heterocycles. The third-order valence-electron chi connectivity index (χ3n) is 5.83. The smallest absolute Gasteiger partial charge is 0.0729 e. The highest BCUT2D eigenvalue weighted by molar-refractivity contribution is 6.01. The lowest BCUT2D eigenvalue weighted by molar-refractivity contribution is 1.17. The van der Waals surface area contributed by atoms with Crippen molar-refractivity contribution in [2.45, 2.75) is 13.8 Å². The maximum atomic E-state index is 2.29. The molecule has 0 aliphatic carbocycles. The topological polar surface area (TPSA) is 6.48 Å². The van der Waals surface area contributed by atoms with Crippen LogP contribution in [0.1, 0.15) is 22.3 Å². The summed E-state index contributed by atoms with van der Waals surface area (Å²) in [6.07, 6.45) is 0. The standard InChI is InChI=1S/C30H30N2/c1-23-15-19-25(20-16-23)29(31(3)27-11-7-5-8-12-27)30(26-21-17-24(2)18-22-26)32(4)28-13-9-6-10-14-28/h5-22H,1-4H3. The molecule has 0 spiro atoms. The summed E-state index contributed by atoms with van der Waals surface area (Å²) in [6, 6.07) is 38.7. The summed E-state index contributed by atoms with van der Waals surface area (Å²) >= 11 is 0. The van der Waals surface area contributed by atoms with Gasteiger partial charge in [-0.15, -0.1) is 0 Å². The van der Waals surface area contributed by atoms with Gasteiger partial charge in [-0.05, 0) is 38.1 Å². The molecule has 0 aromatic heterocycles. The minimum absolute atomic E-state index is 1.15. The zero-order valence-electron chi connectivity index (χ0n) is 19.3. The van der Waals surface area contributed by atoms with Crippen LogP contribution in [-0.4, -0.2) is 14.1 Å². The molecule has 32 heavy (non-hydrogen) atoms. The average molecular weight is 419 g/mol. The van der Waals surface area contributed by atoms with E-state index in [1.165, 1.54) is 22.3 Å². The first-order valence-electron chi connectivity index (χ1n) is 11.0. The Morgan fingerprint density at radius 2 is 0.750 bits per heavy atom. The molecule has 160 valence electrons. The Labute approximate surface area is 192 Å². The number of anilines is 2.